The highest BCUT2D eigenvalue weighted by atomic mass is 35.5. The van der Waals surface area contributed by atoms with Crippen LogP contribution in [0.4, 0.5) is 5.69 Å². The fraction of sp³-hybridized carbons (Fsp3) is 0.235. The molecule has 1 amide bonds. The van der Waals surface area contributed by atoms with Gasteiger partial charge in [0.2, 0.25) is 15.9 Å². The van der Waals surface area contributed by atoms with E-state index in [9.17, 15) is 13.2 Å². The number of amides is 1. The van der Waals surface area contributed by atoms with Crippen LogP contribution in [0.5, 0.6) is 0 Å². The number of rotatable bonds is 5. The summed E-state index contributed by atoms with van der Waals surface area (Å²) in [6.07, 6.45) is 0.157. The minimum Gasteiger partial charge on any atom is -0.326 e. The second-order valence-electron chi connectivity index (χ2n) is 5.62. The van der Waals surface area contributed by atoms with Crippen molar-refractivity contribution in [1.29, 1.82) is 0 Å². The minimum atomic E-state index is -3.46. The third kappa shape index (κ3) is 4.35. The van der Waals surface area contributed by atoms with Crippen LogP contribution in [0.3, 0.4) is 0 Å². The van der Waals surface area contributed by atoms with Gasteiger partial charge in [-0.05, 0) is 48.4 Å². The minimum absolute atomic E-state index is 0.157. The van der Waals surface area contributed by atoms with Crippen molar-refractivity contribution in [2.75, 3.05) is 19.4 Å². The molecular formula is C17H19ClN2O3S. The van der Waals surface area contributed by atoms with Gasteiger partial charge in [-0.2, -0.15) is 0 Å². The molecule has 7 heteroatoms. The molecule has 0 saturated heterocycles. The number of benzene rings is 2. The van der Waals surface area contributed by atoms with Gasteiger partial charge < -0.3 is 5.32 Å². The van der Waals surface area contributed by atoms with Crippen molar-refractivity contribution in [3.05, 3.63) is 58.6 Å². The van der Waals surface area contributed by atoms with E-state index in [4.69, 9.17) is 11.6 Å². The number of carbonyl (C=O) groups is 1. The Morgan fingerprint density at radius 1 is 1.12 bits per heavy atom. The second kappa shape index (κ2) is 7.34. The number of anilines is 1. The number of nitrogens with zero attached hydrogens (tertiary/aromatic N) is 1. The van der Waals surface area contributed by atoms with Gasteiger partial charge in [-0.15, -0.1) is 0 Å². The summed E-state index contributed by atoms with van der Waals surface area (Å²) in [5.74, 6) is -0.177. The fourth-order valence-corrected chi connectivity index (χ4v) is 3.27. The van der Waals surface area contributed by atoms with Gasteiger partial charge in [0.25, 0.3) is 0 Å². The van der Waals surface area contributed by atoms with Crippen molar-refractivity contribution in [1.82, 2.24) is 4.31 Å². The van der Waals surface area contributed by atoms with E-state index >= 15 is 0 Å². The SMILES string of the molecule is Cc1cc(Cl)ccc1NC(=O)Cc1ccc(S(=O)(=O)N(C)C)cc1. The largest absolute Gasteiger partial charge is 0.326 e. The van der Waals surface area contributed by atoms with Gasteiger partial charge in [-0.25, -0.2) is 12.7 Å². The summed E-state index contributed by atoms with van der Waals surface area (Å²) in [4.78, 5) is 12.3. The Kier molecular flexibility index (Phi) is 5.64. The summed E-state index contributed by atoms with van der Waals surface area (Å²) in [7, 11) is -0.505. The molecule has 0 heterocycles. The molecule has 0 spiro atoms. The summed E-state index contributed by atoms with van der Waals surface area (Å²) in [5.41, 5.74) is 2.32. The predicted octanol–water partition coefficient (Wildman–Crippen LogP) is 3.08. The molecule has 2 rings (SSSR count). The molecule has 0 aliphatic carbocycles. The van der Waals surface area contributed by atoms with Crippen molar-refractivity contribution in [2.45, 2.75) is 18.2 Å². The van der Waals surface area contributed by atoms with Crippen LogP contribution in [0.1, 0.15) is 11.1 Å². The van der Waals surface area contributed by atoms with Crippen LogP contribution in [0.25, 0.3) is 0 Å². The van der Waals surface area contributed by atoms with E-state index in [-0.39, 0.29) is 17.2 Å². The molecule has 128 valence electrons. The topological polar surface area (TPSA) is 66.5 Å². The molecule has 0 fully saturated rings. The standard InChI is InChI=1S/C17H19ClN2O3S/c1-12-10-14(18)6-9-16(12)19-17(21)11-13-4-7-15(8-5-13)24(22,23)20(2)3/h4-10H,11H2,1-3H3,(H,19,21). The van der Waals surface area contributed by atoms with Gasteiger partial charge in [0.1, 0.15) is 0 Å². The van der Waals surface area contributed by atoms with Crippen molar-refractivity contribution in [3.8, 4) is 0 Å². The van der Waals surface area contributed by atoms with Gasteiger partial charge in [-0.1, -0.05) is 23.7 Å². The lowest BCUT2D eigenvalue weighted by atomic mass is 10.1. The highest BCUT2D eigenvalue weighted by Gasteiger charge is 2.16. The Hall–Kier alpha value is -1.89. The summed E-state index contributed by atoms with van der Waals surface area (Å²) in [6.45, 7) is 1.86. The highest BCUT2D eigenvalue weighted by Crippen LogP contribution is 2.20. The summed E-state index contributed by atoms with van der Waals surface area (Å²) < 4.78 is 25.2. The van der Waals surface area contributed by atoms with Gasteiger partial charge in [0.15, 0.2) is 0 Å². The molecule has 0 aromatic heterocycles. The Bertz CT molecular complexity index is 847. The zero-order valence-electron chi connectivity index (χ0n) is 13.7. The molecule has 0 atom stereocenters. The van der Waals surface area contributed by atoms with Crippen LogP contribution < -0.4 is 5.32 Å². The van der Waals surface area contributed by atoms with Crippen LogP contribution in [0.2, 0.25) is 5.02 Å². The van der Waals surface area contributed by atoms with Crippen LogP contribution >= 0.6 is 11.6 Å². The molecule has 1 N–H and O–H groups in total. The van der Waals surface area contributed by atoms with Crippen molar-refractivity contribution >= 4 is 33.2 Å². The van der Waals surface area contributed by atoms with Crippen molar-refractivity contribution in [3.63, 3.8) is 0 Å². The summed E-state index contributed by atoms with van der Waals surface area (Å²) in [5, 5.41) is 3.44. The second-order valence-corrected chi connectivity index (χ2v) is 8.20. The number of hydrogen-bond acceptors (Lipinski definition) is 3. The van der Waals surface area contributed by atoms with Crippen LogP contribution in [-0.4, -0.2) is 32.7 Å². The Balaban J connectivity index is 2.07. The van der Waals surface area contributed by atoms with Crippen LogP contribution in [0.15, 0.2) is 47.4 Å². The van der Waals surface area contributed by atoms with Crippen molar-refractivity contribution in [2.24, 2.45) is 0 Å². The monoisotopic (exact) mass is 366 g/mol. The molecular weight excluding hydrogens is 348 g/mol. The lowest BCUT2D eigenvalue weighted by Crippen LogP contribution is -2.22. The van der Waals surface area contributed by atoms with E-state index in [1.165, 1.54) is 26.2 Å². The first-order chi connectivity index (χ1) is 11.2. The molecule has 0 saturated carbocycles. The Morgan fingerprint density at radius 3 is 2.29 bits per heavy atom. The van der Waals surface area contributed by atoms with Crippen LogP contribution in [0, 0.1) is 6.92 Å². The number of halogens is 1. The lowest BCUT2D eigenvalue weighted by molar-refractivity contribution is -0.115. The molecule has 0 bridgehead atoms. The smallest absolute Gasteiger partial charge is 0.242 e. The molecule has 2 aromatic rings. The highest BCUT2D eigenvalue weighted by molar-refractivity contribution is 7.89. The maximum absolute atomic E-state index is 12.1. The van der Waals surface area contributed by atoms with Gasteiger partial charge in [-0.3, -0.25) is 4.79 Å². The lowest BCUT2D eigenvalue weighted by Gasteiger charge is -2.12. The quantitative estimate of drug-likeness (QED) is 0.884. The molecule has 0 radical (unpaired) electrons. The number of nitrogens with one attached hydrogen (secondary N) is 1. The number of aryl methyl sites for hydroxylation is 1. The molecule has 0 aliphatic rings. The van der Waals surface area contributed by atoms with Crippen LogP contribution in [-0.2, 0) is 21.2 Å². The van der Waals surface area contributed by atoms with E-state index in [0.29, 0.717) is 10.7 Å². The van der Waals surface area contributed by atoms with Gasteiger partial charge in [0, 0.05) is 24.8 Å². The number of hydrogen-bond donors (Lipinski definition) is 1. The average Bonchev–Trinajstić information content (AvgIpc) is 2.50. The van der Waals surface area contributed by atoms with Crippen molar-refractivity contribution < 1.29 is 13.2 Å². The first-order valence-electron chi connectivity index (χ1n) is 7.27. The maximum Gasteiger partial charge on any atom is 0.242 e. The number of sulfonamides is 1. The predicted molar refractivity (Wildman–Crippen MR) is 95.8 cm³/mol. The van der Waals surface area contributed by atoms with E-state index in [1.807, 2.05) is 6.92 Å². The zero-order valence-corrected chi connectivity index (χ0v) is 15.3. The van der Waals surface area contributed by atoms with Gasteiger partial charge >= 0.3 is 0 Å². The van der Waals surface area contributed by atoms with Gasteiger partial charge in [0.05, 0.1) is 11.3 Å². The van der Waals surface area contributed by atoms with E-state index in [0.717, 1.165) is 15.4 Å². The molecule has 2 aromatic carbocycles. The Morgan fingerprint density at radius 2 is 1.75 bits per heavy atom. The summed E-state index contributed by atoms with van der Waals surface area (Å²) >= 11 is 5.89. The molecule has 24 heavy (non-hydrogen) atoms. The zero-order chi connectivity index (χ0) is 17.9. The third-order valence-electron chi connectivity index (χ3n) is 3.53. The molecule has 0 aliphatic heterocycles. The van der Waals surface area contributed by atoms with E-state index < -0.39 is 10.0 Å². The van der Waals surface area contributed by atoms with E-state index in [2.05, 4.69) is 5.32 Å². The molecule has 0 unspecified atom stereocenters. The summed E-state index contributed by atoms with van der Waals surface area (Å²) in [6, 6.07) is 11.5. The number of carbonyl (C=O) groups excluding carboxylic acids is 1. The first-order valence-corrected chi connectivity index (χ1v) is 9.09. The fourth-order valence-electron chi connectivity index (χ4n) is 2.14. The third-order valence-corrected chi connectivity index (χ3v) is 5.59. The molecule has 5 nitrogen and oxygen atoms in total. The van der Waals surface area contributed by atoms with E-state index in [1.54, 1.807) is 30.3 Å². The normalized spacial score (nSPS) is 11.5. The maximum atomic E-state index is 12.1. The first kappa shape index (κ1) is 18.4. The Labute approximate surface area is 147 Å². The average molecular weight is 367 g/mol.